The summed E-state index contributed by atoms with van der Waals surface area (Å²) in [5, 5.41) is 0. The molecule has 5 nitrogen and oxygen atoms in total. The summed E-state index contributed by atoms with van der Waals surface area (Å²) in [5.41, 5.74) is 0. The summed E-state index contributed by atoms with van der Waals surface area (Å²) >= 11 is 3.38. The molecule has 1 aliphatic heterocycles. The Hall–Kier alpha value is 0.310. The SMILES string of the molecule is CCC(Br)CNS(=O)(=O)N1CCOCC1. The average molecular weight is 301 g/mol. The summed E-state index contributed by atoms with van der Waals surface area (Å²) in [6.07, 6.45) is 0.894. The second kappa shape index (κ2) is 6.15. The number of alkyl halides is 1. The van der Waals surface area contributed by atoms with E-state index in [4.69, 9.17) is 4.74 Å². The Bertz CT molecular complexity index is 278. The summed E-state index contributed by atoms with van der Waals surface area (Å²) < 4.78 is 32.6. The van der Waals surface area contributed by atoms with Crippen LogP contribution in [0.2, 0.25) is 0 Å². The standard InChI is InChI=1S/C8H17BrN2O3S/c1-2-8(9)7-10-15(12,13)11-3-5-14-6-4-11/h8,10H,2-7H2,1H3. The summed E-state index contributed by atoms with van der Waals surface area (Å²) in [4.78, 5) is 0.188. The Labute approximate surface area is 99.5 Å². The van der Waals surface area contributed by atoms with E-state index in [0.29, 0.717) is 32.8 Å². The summed E-state index contributed by atoms with van der Waals surface area (Å²) in [5.74, 6) is 0. The molecule has 15 heavy (non-hydrogen) atoms. The molecule has 1 rings (SSSR count). The molecular weight excluding hydrogens is 284 g/mol. The molecule has 0 amide bonds. The van der Waals surface area contributed by atoms with E-state index in [1.807, 2.05) is 6.92 Å². The fraction of sp³-hybridized carbons (Fsp3) is 1.00. The maximum atomic E-state index is 11.7. The van der Waals surface area contributed by atoms with E-state index < -0.39 is 10.2 Å². The van der Waals surface area contributed by atoms with Gasteiger partial charge in [-0.15, -0.1) is 0 Å². The van der Waals surface area contributed by atoms with Crippen LogP contribution in [0.3, 0.4) is 0 Å². The zero-order chi connectivity index (χ0) is 11.3. The van der Waals surface area contributed by atoms with Crippen LogP contribution in [0.5, 0.6) is 0 Å². The molecule has 0 aromatic carbocycles. The van der Waals surface area contributed by atoms with Gasteiger partial charge >= 0.3 is 0 Å². The van der Waals surface area contributed by atoms with Crippen molar-refractivity contribution in [3.63, 3.8) is 0 Å². The van der Waals surface area contributed by atoms with Crippen LogP contribution in [0.25, 0.3) is 0 Å². The van der Waals surface area contributed by atoms with Crippen LogP contribution in [-0.4, -0.2) is 50.4 Å². The van der Waals surface area contributed by atoms with E-state index >= 15 is 0 Å². The highest BCUT2D eigenvalue weighted by Crippen LogP contribution is 2.06. The minimum Gasteiger partial charge on any atom is -0.379 e. The van der Waals surface area contributed by atoms with Crippen molar-refractivity contribution in [3.05, 3.63) is 0 Å². The Morgan fingerprint density at radius 3 is 2.60 bits per heavy atom. The second-order valence-electron chi connectivity index (χ2n) is 3.37. The molecule has 1 unspecified atom stereocenters. The zero-order valence-corrected chi connectivity index (χ0v) is 11.2. The Kier molecular flexibility index (Phi) is 5.48. The van der Waals surface area contributed by atoms with Crippen LogP contribution in [0.1, 0.15) is 13.3 Å². The largest absolute Gasteiger partial charge is 0.379 e. The van der Waals surface area contributed by atoms with Crippen LogP contribution in [0, 0.1) is 0 Å². The lowest BCUT2D eigenvalue weighted by atomic mass is 10.3. The third-order valence-electron chi connectivity index (χ3n) is 2.24. The number of ether oxygens (including phenoxy) is 1. The highest BCUT2D eigenvalue weighted by Gasteiger charge is 2.24. The lowest BCUT2D eigenvalue weighted by Crippen LogP contribution is -2.47. The third-order valence-corrected chi connectivity index (χ3v) is 4.79. The van der Waals surface area contributed by atoms with E-state index in [1.54, 1.807) is 0 Å². The van der Waals surface area contributed by atoms with Crippen LogP contribution in [-0.2, 0) is 14.9 Å². The van der Waals surface area contributed by atoms with Gasteiger partial charge in [0.2, 0.25) is 0 Å². The van der Waals surface area contributed by atoms with E-state index in [2.05, 4.69) is 20.7 Å². The van der Waals surface area contributed by atoms with Gasteiger partial charge in [0.1, 0.15) is 0 Å². The topological polar surface area (TPSA) is 58.6 Å². The lowest BCUT2D eigenvalue weighted by Gasteiger charge is -2.26. The number of nitrogens with zero attached hydrogens (tertiary/aromatic N) is 1. The Balaban J connectivity index is 2.43. The molecular formula is C8H17BrN2O3S. The van der Waals surface area contributed by atoms with Crippen LogP contribution in [0.4, 0.5) is 0 Å². The van der Waals surface area contributed by atoms with Gasteiger partial charge in [-0.1, -0.05) is 22.9 Å². The smallest absolute Gasteiger partial charge is 0.279 e. The molecule has 1 atom stereocenters. The Morgan fingerprint density at radius 1 is 1.47 bits per heavy atom. The number of halogens is 1. The lowest BCUT2D eigenvalue weighted by molar-refractivity contribution is 0.0725. The molecule has 1 fully saturated rings. The van der Waals surface area contributed by atoms with Crippen molar-refractivity contribution >= 4 is 26.1 Å². The number of hydrogen-bond acceptors (Lipinski definition) is 3. The molecule has 7 heteroatoms. The van der Waals surface area contributed by atoms with Crippen LogP contribution >= 0.6 is 15.9 Å². The number of hydrogen-bond donors (Lipinski definition) is 1. The molecule has 0 aromatic heterocycles. The summed E-state index contributed by atoms with van der Waals surface area (Å²) in [6, 6.07) is 0. The maximum Gasteiger partial charge on any atom is 0.279 e. The first-order valence-electron chi connectivity index (χ1n) is 5.03. The fourth-order valence-corrected chi connectivity index (χ4v) is 2.82. The highest BCUT2D eigenvalue weighted by molar-refractivity contribution is 9.09. The van der Waals surface area contributed by atoms with Crippen molar-refractivity contribution in [1.29, 1.82) is 0 Å². The van der Waals surface area contributed by atoms with Gasteiger partial charge in [-0.3, -0.25) is 0 Å². The first kappa shape index (κ1) is 13.4. The van der Waals surface area contributed by atoms with Gasteiger partial charge in [-0.05, 0) is 6.42 Å². The minimum atomic E-state index is -3.32. The molecule has 0 aromatic rings. The molecule has 0 radical (unpaired) electrons. The van der Waals surface area contributed by atoms with Gasteiger partial charge < -0.3 is 4.74 Å². The molecule has 0 aliphatic carbocycles. The van der Waals surface area contributed by atoms with Crippen LogP contribution < -0.4 is 4.72 Å². The van der Waals surface area contributed by atoms with E-state index in [1.165, 1.54) is 4.31 Å². The number of morpholine rings is 1. The third kappa shape index (κ3) is 4.36. The molecule has 0 bridgehead atoms. The second-order valence-corrected chi connectivity index (χ2v) is 6.42. The number of rotatable bonds is 5. The predicted molar refractivity (Wildman–Crippen MR) is 62.3 cm³/mol. The van der Waals surface area contributed by atoms with Gasteiger partial charge in [-0.25, -0.2) is 4.72 Å². The highest BCUT2D eigenvalue weighted by atomic mass is 79.9. The molecule has 90 valence electrons. The van der Waals surface area contributed by atoms with Gasteiger partial charge in [0.15, 0.2) is 0 Å². The molecule has 1 saturated heterocycles. The number of nitrogens with one attached hydrogen (secondary N) is 1. The molecule has 1 heterocycles. The molecule has 0 spiro atoms. The van der Waals surface area contributed by atoms with Gasteiger partial charge in [0, 0.05) is 24.5 Å². The summed E-state index contributed by atoms with van der Waals surface area (Å²) in [6.45, 7) is 4.26. The predicted octanol–water partition coefficient (Wildman–Crippen LogP) is 0.327. The normalized spacial score (nSPS) is 21.5. The molecule has 1 aliphatic rings. The molecule has 0 saturated carbocycles. The van der Waals surface area contributed by atoms with Gasteiger partial charge in [0.05, 0.1) is 13.2 Å². The average Bonchev–Trinajstić information content (AvgIpc) is 2.27. The van der Waals surface area contributed by atoms with Crippen molar-refractivity contribution < 1.29 is 13.2 Å². The fourth-order valence-electron chi connectivity index (χ4n) is 1.22. The first-order chi connectivity index (χ1) is 7.06. The monoisotopic (exact) mass is 300 g/mol. The van der Waals surface area contributed by atoms with Crippen LogP contribution in [0.15, 0.2) is 0 Å². The van der Waals surface area contributed by atoms with Crippen molar-refractivity contribution in [2.75, 3.05) is 32.8 Å². The van der Waals surface area contributed by atoms with Crippen molar-refractivity contribution in [2.24, 2.45) is 0 Å². The first-order valence-corrected chi connectivity index (χ1v) is 7.38. The van der Waals surface area contributed by atoms with Gasteiger partial charge in [0.25, 0.3) is 10.2 Å². The summed E-state index contributed by atoms with van der Waals surface area (Å²) in [7, 11) is -3.32. The van der Waals surface area contributed by atoms with E-state index in [9.17, 15) is 8.42 Å². The van der Waals surface area contributed by atoms with E-state index in [-0.39, 0.29) is 4.83 Å². The van der Waals surface area contributed by atoms with Crippen molar-refractivity contribution in [1.82, 2.24) is 9.03 Å². The van der Waals surface area contributed by atoms with E-state index in [0.717, 1.165) is 6.42 Å². The van der Waals surface area contributed by atoms with Crippen molar-refractivity contribution in [3.8, 4) is 0 Å². The maximum absolute atomic E-state index is 11.7. The Morgan fingerprint density at radius 2 is 2.07 bits per heavy atom. The molecule has 1 N–H and O–H groups in total. The van der Waals surface area contributed by atoms with Gasteiger partial charge in [-0.2, -0.15) is 12.7 Å². The minimum absolute atomic E-state index is 0.188. The quantitative estimate of drug-likeness (QED) is 0.744. The zero-order valence-electron chi connectivity index (χ0n) is 8.78. The van der Waals surface area contributed by atoms with Crippen molar-refractivity contribution in [2.45, 2.75) is 18.2 Å².